The van der Waals surface area contributed by atoms with Crippen LogP contribution in [0, 0.1) is 0 Å². The van der Waals surface area contributed by atoms with E-state index < -0.39 is 0 Å². The molecule has 0 bridgehead atoms. The maximum absolute atomic E-state index is 4.60. The summed E-state index contributed by atoms with van der Waals surface area (Å²) in [5.74, 6) is 1.01. The van der Waals surface area contributed by atoms with E-state index in [-0.39, 0.29) is 5.54 Å². The van der Waals surface area contributed by atoms with Gasteiger partial charge in [-0.2, -0.15) is 0 Å². The zero-order chi connectivity index (χ0) is 13.3. The molecule has 1 aliphatic rings. The van der Waals surface area contributed by atoms with Crippen molar-refractivity contribution in [3.05, 3.63) is 24.5 Å². The largest absolute Gasteiger partial charge is 0.356 e. The number of rotatable bonds is 2. The smallest absolute Gasteiger partial charge is 0.180 e. The Morgan fingerprint density at radius 1 is 1.16 bits per heavy atom. The zero-order valence-corrected chi connectivity index (χ0v) is 11.4. The van der Waals surface area contributed by atoms with Crippen molar-refractivity contribution in [2.24, 2.45) is 0 Å². The van der Waals surface area contributed by atoms with E-state index in [4.69, 9.17) is 0 Å². The van der Waals surface area contributed by atoms with E-state index in [0.29, 0.717) is 0 Å². The summed E-state index contributed by atoms with van der Waals surface area (Å²) in [6, 6.07) is 4.04. The Morgan fingerprint density at radius 3 is 2.63 bits per heavy atom. The van der Waals surface area contributed by atoms with Crippen LogP contribution in [-0.4, -0.2) is 40.6 Å². The molecule has 0 atom stereocenters. The Labute approximate surface area is 113 Å². The van der Waals surface area contributed by atoms with Crippen molar-refractivity contribution in [2.75, 3.05) is 25.0 Å². The summed E-state index contributed by atoms with van der Waals surface area (Å²) in [6.07, 6.45) is 5.64. The highest BCUT2D eigenvalue weighted by atomic mass is 15.2. The van der Waals surface area contributed by atoms with Gasteiger partial charge in [0.1, 0.15) is 11.3 Å². The van der Waals surface area contributed by atoms with Gasteiger partial charge in [0, 0.05) is 31.0 Å². The third-order valence-corrected chi connectivity index (χ3v) is 4.11. The van der Waals surface area contributed by atoms with Crippen molar-refractivity contribution in [3.63, 3.8) is 0 Å². The maximum Gasteiger partial charge on any atom is 0.180 e. The number of fused-ring (bicyclic) bond motifs is 1. The summed E-state index contributed by atoms with van der Waals surface area (Å²) in [6.45, 7) is 4.33. The molecule has 5 heteroatoms. The first-order valence-electron chi connectivity index (χ1n) is 6.72. The van der Waals surface area contributed by atoms with Gasteiger partial charge >= 0.3 is 0 Å². The van der Waals surface area contributed by atoms with Gasteiger partial charge < -0.3 is 10.2 Å². The summed E-state index contributed by atoms with van der Waals surface area (Å²) in [7, 11) is 2.04. The van der Waals surface area contributed by atoms with Crippen LogP contribution in [0.1, 0.15) is 19.8 Å². The fourth-order valence-electron chi connectivity index (χ4n) is 2.50. The van der Waals surface area contributed by atoms with Crippen molar-refractivity contribution in [2.45, 2.75) is 25.3 Å². The Hall–Kier alpha value is -1.75. The number of nitrogens with zero attached hydrogens (tertiary/aromatic N) is 4. The lowest BCUT2D eigenvalue weighted by atomic mass is 9.90. The van der Waals surface area contributed by atoms with Crippen LogP contribution in [0.15, 0.2) is 24.5 Å². The molecule has 19 heavy (non-hydrogen) atoms. The van der Waals surface area contributed by atoms with E-state index in [1.165, 1.54) is 0 Å². The second kappa shape index (κ2) is 4.74. The average molecular weight is 257 g/mol. The van der Waals surface area contributed by atoms with Crippen LogP contribution in [0.3, 0.4) is 0 Å². The molecule has 5 nitrogen and oxygen atoms in total. The van der Waals surface area contributed by atoms with E-state index in [0.717, 1.165) is 42.9 Å². The molecule has 0 amide bonds. The Kier molecular flexibility index (Phi) is 3.06. The number of hydrogen-bond donors (Lipinski definition) is 1. The standard InChI is InChI=1S/C14H19N5/c1-14(15-2)5-9-19(10-6-14)12-4-3-11-13(18-12)17-8-7-16-11/h3-4,7-8,15H,5-6,9-10H2,1-2H3. The molecule has 3 rings (SSSR count). The molecule has 1 N–H and O–H groups in total. The zero-order valence-electron chi connectivity index (χ0n) is 11.4. The molecule has 2 aromatic rings. The number of pyridine rings is 1. The van der Waals surface area contributed by atoms with Crippen molar-refractivity contribution < 1.29 is 0 Å². The Balaban J connectivity index is 1.82. The highest BCUT2D eigenvalue weighted by Gasteiger charge is 2.28. The van der Waals surface area contributed by atoms with E-state index >= 15 is 0 Å². The predicted octanol–water partition coefficient (Wildman–Crippen LogP) is 1.60. The molecule has 0 radical (unpaired) electrons. The minimum Gasteiger partial charge on any atom is -0.356 e. The van der Waals surface area contributed by atoms with Gasteiger partial charge in [-0.3, -0.25) is 4.98 Å². The molecule has 1 saturated heterocycles. The molecule has 1 aliphatic heterocycles. The topological polar surface area (TPSA) is 53.9 Å². The molecule has 0 aliphatic carbocycles. The summed E-state index contributed by atoms with van der Waals surface area (Å²) in [5.41, 5.74) is 1.83. The van der Waals surface area contributed by atoms with Gasteiger partial charge in [0.25, 0.3) is 0 Å². The molecule has 3 heterocycles. The molecular weight excluding hydrogens is 238 g/mol. The fourth-order valence-corrected chi connectivity index (χ4v) is 2.50. The SMILES string of the molecule is CNC1(C)CCN(c2ccc3nccnc3n2)CC1. The highest BCUT2D eigenvalue weighted by Crippen LogP contribution is 2.25. The van der Waals surface area contributed by atoms with Crippen LogP contribution in [0.25, 0.3) is 11.2 Å². The molecule has 0 spiro atoms. The van der Waals surface area contributed by atoms with Gasteiger partial charge in [0.05, 0.1) is 0 Å². The Bertz CT molecular complexity index is 575. The molecule has 100 valence electrons. The van der Waals surface area contributed by atoms with Gasteiger partial charge in [-0.25, -0.2) is 9.97 Å². The monoisotopic (exact) mass is 257 g/mol. The molecule has 0 saturated carbocycles. The molecule has 0 aromatic carbocycles. The number of aromatic nitrogens is 3. The quantitative estimate of drug-likeness (QED) is 0.885. The summed E-state index contributed by atoms with van der Waals surface area (Å²) in [4.78, 5) is 15.5. The molecular formula is C14H19N5. The van der Waals surface area contributed by atoms with Crippen molar-refractivity contribution >= 4 is 17.0 Å². The van der Waals surface area contributed by atoms with Gasteiger partial charge in [-0.1, -0.05) is 0 Å². The maximum atomic E-state index is 4.60. The van der Waals surface area contributed by atoms with E-state index in [9.17, 15) is 0 Å². The van der Waals surface area contributed by atoms with Gasteiger partial charge in [0.2, 0.25) is 0 Å². The minimum atomic E-state index is 0.257. The number of piperidine rings is 1. The van der Waals surface area contributed by atoms with E-state index in [1.54, 1.807) is 12.4 Å². The lowest BCUT2D eigenvalue weighted by Crippen LogP contribution is -2.50. The second-order valence-corrected chi connectivity index (χ2v) is 5.37. The van der Waals surface area contributed by atoms with Crippen LogP contribution >= 0.6 is 0 Å². The van der Waals surface area contributed by atoms with Crippen molar-refractivity contribution in [1.82, 2.24) is 20.3 Å². The molecule has 2 aromatic heterocycles. The van der Waals surface area contributed by atoms with E-state index in [2.05, 4.69) is 32.1 Å². The molecule has 0 unspecified atom stereocenters. The minimum absolute atomic E-state index is 0.257. The van der Waals surface area contributed by atoms with Crippen molar-refractivity contribution in [1.29, 1.82) is 0 Å². The normalized spacial score (nSPS) is 18.7. The highest BCUT2D eigenvalue weighted by molar-refractivity contribution is 5.71. The van der Waals surface area contributed by atoms with Crippen molar-refractivity contribution in [3.8, 4) is 0 Å². The van der Waals surface area contributed by atoms with Crippen LogP contribution < -0.4 is 10.2 Å². The lowest BCUT2D eigenvalue weighted by Gasteiger charge is -2.39. The van der Waals surface area contributed by atoms with E-state index in [1.807, 2.05) is 19.2 Å². The van der Waals surface area contributed by atoms with Crippen LogP contribution in [0.4, 0.5) is 5.82 Å². The van der Waals surface area contributed by atoms with Gasteiger partial charge in [0.15, 0.2) is 5.65 Å². The number of anilines is 1. The van der Waals surface area contributed by atoms with Crippen LogP contribution in [0.5, 0.6) is 0 Å². The Morgan fingerprint density at radius 2 is 1.89 bits per heavy atom. The summed E-state index contributed by atoms with van der Waals surface area (Å²) < 4.78 is 0. The summed E-state index contributed by atoms with van der Waals surface area (Å²) in [5, 5.41) is 3.41. The first-order chi connectivity index (χ1) is 9.20. The third kappa shape index (κ3) is 2.38. The number of nitrogens with one attached hydrogen (secondary N) is 1. The third-order valence-electron chi connectivity index (χ3n) is 4.11. The van der Waals surface area contributed by atoms with Gasteiger partial charge in [-0.05, 0) is 38.9 Å². The lowest BCUT2D eigenvalue weighted by molar-refractivity contribution is 0.304. The molecule has 1 fully saturated rings. The van der Waals surface area contributed by atoms with Crippen LogP contribution in [0.2, 0.25) is 0 Å². The average Bonchev–Trinajstić information content (AvgIpc) is 2.47. The predicted molar refractivity (Wildman–Crippen MR) is 76.2 cm³/mol. The first-order valence-corrected chi connectivity index (χ1v) is 6.72. The van der Waals surface area contributed by atoms with Gasteiger partial charge in [-0.15, -0.1) is 0 Å². The fraction of sp³-hybridized carbons (Fsp3) is 0.500. The number of hydrogen-bond acceptors (Lipinski definition) is 5. The first kappa shape index (κ1) is 12.3. The van der Waals surface area contributed by atoms with Crippen LogP contribution in [-0.2, 0) is 0 Å². The second-order valence-electron chi connectivity index (χ2n) is 5.37. The summed E-state index contributed by atoms with van der Waals surface area (Å²) >= 11 is 0.